The minimum Gasteiger partial charge on any atom is -0.247 e. The molecule has 0 fully saturated rings. The monoisotopic (exact) mass is 543 g/mol. The standard InChI is InChI=1S/C38H58N2/c1-4-6-7-8-9-10-11-12-13-14-15-16-17-18-25-30-36(37-39-31-32-40(37)5-2)38(3,35-28-23-20-24-29-35)33-34-26-21-19-22-27-34/h19-24,26-29,31-32,36H,4-18,25,30,33H2,1-3H3/p+1. The van der Waals surface area contributed by atoms with Crippen LogP contribution in [0.3, 0.4) is 0 Å². The highest BCUT2D eigenvalue weighted by molar-refractivity contribution is 5.32. The lowest BCUT2D eigenvalue weighted by Gasteiger charge is -2.37. The van der Waals surface area contributed by atoms with E-state index in [9.17, 15) is 0 Å². The van der Waals surface area contributed by atoms with Gasteiger partial charge in [-0.05, 0) is 30.9 Å². The fraction of sp³-hybridized carbons (Fsp3) is 0.605. The largest absolute Gasteiger partial charge is 0.258 e. The summed E-state index contributed by atoms with van der Waals surface area (Å²) in [6.07, 6.45) is 27.8. The van der Waals surface area contributed by atoms with Gasteiger partial charge in [0.2, 0.25) is 0 Å². The molecule has 0 aliphatic rings. The molecule has 0 radical (unpaired) electrons. The molecular formula is C38H59N2+. The average Bonchev–Trinajstić information content (AvgIpc) is 3.46. The van der Waals surface area contributed by atoms with Gasteiger partial charge in [0.05, 0.1) is 12.5 Å². The number of H-pyrrole nitrogens is 1. The Labute approximate surface area is 247 Å². The number of hydrogen-bond acceptors (Lipinski definition) is 0. The number of hydrogen-bond donors (Lipinski definition) is 1. The molecule has 3 aromatic rings. The Hall–Kier alpha value is -2.35. The molecule has 3 rings (SSSR count). The number of rotatable bonds is 22. The van der Waals surface area contributed by atoms with Crippen molar-refractivity contribution < 1.29 is 4.57 Å². The molecule has 1 aromatic heterocycles. The van der Waals surface area contributed by atoms with E-state index in [-0.39, 0.29) is 5.41 Å². The van der Waals surface area contributed by atoms with Gasteiger partial charge in [0.15, 0.2) is 0 Å². The van der Waals surface area contributed by atoms with E-state index in [2.05, 4.69) is 103 Å². The third kappa shape index (κ3) is 10.6. The van der Waals surface area contributed by atoms with Gasteiger partial charge in [-0.3, -0.25) is 0 Å². The lowest BCUT2D eigenvalue weighted by atomic mass is 9.66. The average molecular weight is 544 g/mol. The van der Waals surface area contributed by atoms with Gasteiger partial charge in [0.25, 0.3) is 5.82 Å². The van der Waals surface area contributed by atoms with Crippen molar-refractivity contribution in [2.75, 3.05) is 0 Å². The fourth-order valence-corrected chi connectivity index (χ4v) is 6.69. The Morgan fingerprint density at radius 2 is 1.15 bits per heavy atom. The molecule has 1 heterocycles. The summed E-state index contributed by atoms with van der Waals surface area (Å²) in [6, 6.07) is 22.4. The highest BCUT2D eigenvalue weighted by Crippen LogP contribution is 2.43. The molecule has 0 aliphatic carbocycles. The zero-order valence-corrected chi connectivity index (χ0v) is 26.2. The Morgan fingerprint density at radius 1 is 0.650 bits per heavy atom. The van der Waals surface area contributed by atoms with Crippen LogP contribution in [0, 0.1) is 0 Å². The second kappa shape index (κ2) is 18.9. The first-order chi connectivity index (χ1) is 19.7. The molecule has 2 unspecified atom stereocenters. The number of nitrogens with zero attached hydrogens (tertiary/aromatic N) is 1. The van der Waals surface area contributed by atoms with Crippen molar-refractivity contribution in [1.29, 1.82) is 0 Å². The van der Waals surface area contributed by atoms with E-state index >= 15 is 0 Å². The fourth-order valence-electron chi connectivity index (χ4n) is 6.69. The van der Waals surface area contributed by atoms with Gasteiger partial charge in [-0.25, -0.2) is 9.55 Å². The number of nitrogens with one attached hydrogen (secondary N) is 1. The van der Waals surface area contributed by atoms with Crippen molar-refractivity contribution in [3.05, 3.63) is 90.0 Å². The van der Waals surface area contributed by atoms with Crippen LogP contribution in [0.25, 0.3) is 0 Å². The maximum absolute atomic E-state index is 3.68. The minimum absolute atomic E-state index is 0.0143. The summed E-state index contributed by atoms with van der Waals surface area (Å²) in [6.45, 7) is 8.08. The first-order valence-electron chi connectivity index (χ1n) is 16.8. The number of aryl methyl sites for hydroxylation is 1. The van der Waals surface area contributed by atoms with Crippen LogP contribution < -0.4 is 4.57 Å². The summed E-state index contributed by atoms with van der Waals surface area (Å²) in [7, 11) is 0. The second-order valence-corrected chi connectivity index (χ2v) is 12.4. The molecule has 1 N–H and O–H groups in total. The van der Waals surface area contributed by atoms with Crippen molar-refractivity contribution in [3.8, 4) is 0 Å². The van der Waals surface area contributed by atoms with Crippen molar-refractivity contribution in [2.24, 2.45) is 0 Å². The number of imidazole rings is 1. The Bertz CT molecular complexity index is 1010. The van der Waals surface area contributed by atoms with Gasteiger partial charge in [0, 0.05) is 5.41 Å². The molecular weight excluding hydrogens is 484 g/mol. The van der Waals surface area contributed by atoms with Gasteiger partial charge in [0.1, 0.15) is 12.4 Å². The lowest BCUT2D eigenvalue weighted by Crippen LogP contribution is -2.43. The van der Waals surface area contributed by atoms with Crippen LogP contribution >= 0.6 is 0 Å². The molecule has 0 bridgehead atoms. The van der Waals surface area contributed by atoms with Crippen LogP contribution in [-0.4, -0.2) is 4.98 Å². The highest BCUT2D eigenvalue weighted by atomic mass is 15.1. The third-order valence-electron chi connectivity index (χ3n) is 9.18. The molecule has 0 aliphatic heterocycles. The molecule has 0 amide bonds. The van der Waals surface area contributed by atoms with E-state index in [1.54, 1.807) is 0 Å². The topological polar surface area (TPSA) is 19.7 Å². The molecule has 0 saturated carbocycles. The summed E-state index contributed by atoms with van der Waals surface area (Å²) < 4.78 is 2.43. The first-order valence-corrected chi connectivity index (χ1v) is 16.8. The quantitative estimate of drug-likeness (QED) is 0.0960. The van der Waals surface area contributed by atoms with Crippen molar-refractivity contribution >= 4 is 0 Å². The number of aromatic amines is 1. The van der Waals surface area contributed by atoms with Crippen LogP contribution in [0.2, 0.25) is 0 Å². The van der Waals surface area contributed by atoms with Gasteiger partial charge >= 0.3 is 0 Å². The molecule has 2 atom stereocenters. The van der Waals surface area contributed by atoms with E-state index in [1.807, 2.05) is 0 Å². The van der Waals surface area contributed by atoms with Crippen LogP contribution in [0.15, 0.2) is 73.1 Å². The van der Waals surface area contributed by atoms with Gasteiger partial charge in [-0.15, -0.1) is 0 Å². The predicted molar refractivity (Wildman–Crippen MR) is 173 cm³/mol. The number of unbranched alkanes of at least 4 members (excludes halogenated alkanes) is 14. The minimum atomic E-state index is 0.0143. The zero-order chi connectivity index (χ0) is 28.3. The summed E-state index contributed by atoms with van der Waals surface area (Å²) in [4.78, 5) is 3.68. The van der Waals surface area contributed by atoms with Gasteiger partial charge in [-0.1, -0.05) is 171 Å². The van der Waals surface area contributed by atoms with E-state index in [0.29, 0.717) is 5.92 Å². The third-order valence-corrected chi connectivity index (χ3v) is 9.18. The van der Waals surface area contributed by atoms with Crippen molar-refractivity contribution in [1.82, 2.24) is 4.98 Å². The Morgan fingerprint density at radius 3 is 1.68 bits per heavy atom. The number of aromatic nitrogens is 2. The molecule has 2 nitrogen and oxygen atoms in total. The maximum Gasteiger partial charge on any atom is 0.258 e. The summed E-state index contributed by atoms with van der Waals surface area (Å²) in [5, 5.41) is 0. The summed E-state index contributed by atoms with van der Waals surface area (Å²) in [5.74, 6) is 1.82. The number of benzene rings is 2. The molecule has 0 spiro atoms. The van der Waals surface area contributed by atoms with Crippen LogP contribution in [0.4, 0.5) is 0 Å². The molecule has 2 aromatic carbocycles. The summed E-state index contributed by atoms with van der Waals surface area (Å²) in [5.41, 5.74) is 2.88. The Balaban J connectivity index is 1.51. The molecule has 40 heavy (non-hydrogen) atoms. The zero-order valence-electron chi connectivity index (χ0n) is 26.2. The van der Waals surface area contributed by atoms with Gasteiger partial charge < -0.3 is 0 Å². The maximum atomic E-state index is 3.68. The smallest absolute Gasteiger partial charge is 0.247 e. The second-order valence-electron chi connectivity index (χ2n) is 12.4. The summed E-state index contributed by atoms with van der Waals surface area (Å²) >= 11 is 0. The van der Waals surface area contributed by atoms with Crippen molar-refractivity contribution in [2.45, 2.75) is 148 Å². The molecule has 0 saturated heterocycles. The van der Waals surface area contributed by atoms with Gasteiger partial charge in [-0.2, -0.15) is 0 Å². The predicted octanol–water partition coefficient (Wildman–Crippen LogP) is 10.9. The molecule has 220 valence electrons. The SMILES string of the molecule is CCCCCCCCCCCCCCCCCC(c1[nH]cc[n+]1CC)C(C)(Cc1ccccc1)c1ccccc1. The van der Waals surface area contributed by atoms with E-state index in [4.69, 9.17) is 0 Å². The molecule has 2 heteroatoms. The highest BCUT2D eigenvalue weighted by Gasteiger charge is 2.41. The first kappa shape index (κ1) is 32.2. The van der Waals surface area contributed by atoms with Crippen LogP contribution in [-0.2, 0) is 18.4 Å². The van der Waals surface area contributed by atoms with Crippen LogP contribution in [0.5, 0.6) is 0 Å². The lowest BCUT2D eigenvalue weighted by molar-refractivity contribution is -0.701. The van der Waals surface area contributed by atoms with E-state index < -0.39 is 0 Å². The van der Waals surface area contributed by atoms with E-state index in [0.717, 1.165) is 13.0 Å². The van der Waals surface area contributed by atoms with Crippen LogP contribution in [0.1, 0.15) is 146 Å². The normalized spacial score (nSPS) is 13.8. The Kier molecular flexibility index (Phi) is 15.2. The van der Waals surface area contributed by atoms with Crippen molar-refractivity contribution in [3.63, 3.8) is 0 Å². The van der Waals surface area contributed by atoms with E-state index in [1.165, 1.54) is 120 Å².